The topological polar surface area (TPSA) is 50.9 Å². The van der Waals surface area contributed by atoms with Gasteiger partial charge in [0.2, 0.25) is 0 Å². The summed E-state index contributed by atoms with van der Waals surface area (Å²) in [5, 5.41) is 11.0. The number of rotatable bonds is 1. The SMILES string of the molecule is On1cc2nc(C3CCCC3)nc-2c2ccccc21. The van der Waals surface area contributed by atoms with Gasteiger partial charge in [0, 0.05) is 11.3 Å². The van der Waals surface area contributed by atoms with E-state index >= 15 is 0 Å². The molecule has 2 heterocycles. The van der Waals surface area contributed by atoms with Gasteiger partial charge in [0.15, 0.2) is 0 Å². The van der Waals surface area contributed by atoms with Crippen LogP contribution in [-0.4, -0.2) is 19.9 Å². The standard InChI is InChI=1S/C15H15N3O/c19-18-9-12-14(11-7-3-4-8-13(11)18)17-15(16-12)10-5-1-2-6-10/h3-4,7-10,19H,1-2,5-6H2. The molecule has 1 aromatic carbocycles. The summed E-state index contributed by atoms with van der Waals surface area (Å²) in [6.45, 7) is 0. The lowest BCUT2D eigenvalue weighted by Gasteiger charge is -2.06. The van der Waals surface area contributed by atoms with Crippen LogP contribution >= 0.6 is 0 Å². The second-order valence-corrected chi connectivity index (χ2v) is 5.29. The summed E-state index contributed by atoms with van der Waals surface area (Å²) < 4.78 is 1.14. The fraction of sp³-hybridized carbons (Fsp3) is 0.333. The summed E-state index contributed by atoms with van der Waals surface area (Å²) in [5.41, 5.74) is 2.46. The average Bonchev–Trinajstić information content (AvgIpc) is 3.07. The normalized spacial score (nSPS) is 16.6. The third-order valence-corrected chi connectivity index (χ3v) is 4.07. The van der Waals surface area contributed by atoms with Crippen LogP contribution in [0.15, 0.2) is 30.5 Å². The van der Waals surface area contributed by atoms with Crippen molar-refractivity contribution >= 4 is 10.9 Å². The number of hydrogen-bond donors (Lipinski definition) is 1. The van der Waals surface area contributed by atoms with E-state index in [1.807, 2.05) is 24.3 Å². The lowest BCUT2D eigenvalue weighted by molar-refractivity contribution is 0.198. The first kappa shape index (κ1) is 10.8. The lowest BCUT2D eigenvalue weighted by atomic mass is 10.1. The van der Waals surface area contributed by atoms with Gasteiger partial charge in [-0.05, 0) is 18.9 Å². The smallest absolute Gasteiger partial charge is 0.133 e. The van der Waals surface area contributed by atoms with Crippen LogP contribution in [0.3, 0.4) is 0 Å². The summed E-state index contributed by atoms with van der Waals surface area (Å²) >= 11 is 0. The van der Waals surface area contributed by atoms with Gasteiger partial charge in [-0.2, -0.15) is 4.73 Å². The van der Waals surface area contributed by atoms with Crippen molar-refractivity contribution in [2.45, 2.75) is 31.6 Å². The first-order valence-corrected chi connectivity index (χ1v) is 6.80. The van der Waals surface area contributed by atoms with Gasteiger partial charge in [0.05, 0.1) is 11.7 Å². The van der Waals surface area contributed by atoms with Crippen molar-refractivity contribution in [2.75, 3.05) is 0 Å². The summed E-state index contributed by atoms with van der Waals surface area (Å²) in [5.74, 6) is 1.45. The highest BCUT2D eigenvalue weighted by atomic mass is 16.5. The molecule has 1 N–H and O–H groups in total. The van der Waals surface area contributed by atoms with Crippen LogP contribution in [0.25, 0.3) is 22.3 Å². The van der Waals surface area contributed by atoms with Crippen molar-refractivity contribution in [3.63, 3.8) is 0 Å². The molecule has 2 aliphatic heterocycles. The monoisotopic (exact) mass is 253 g/mol. The zero-order valence-electron chi connectivity index (χ0n) is 10.6. The number of para-hydroxylation sites is 1. The van der Waals surface area contributed by atoms with E-state index in [0.717, 1.165) is 32.8 Å². The first-order valence-electron chi connectivity index (χ1n) is 6.80. The van der Waals surface area contributed by atoms with Crippen molar-refractivity contribution in [1.29, 1.82) is 0 Å². The van der Waals surface area contributed by atoms with E-state index in [9.17, 15) is 5.21 Å². The van der Waals surface area contributed by atoms with Crippen LogP contribution in [0.2, 0.25) is 0 Å². The second kappa shape index (κ2) is 3.95. The molecular weight excluding hydrogens is 238 g/mol. The highest BCUT2D eigenvalue weighted by Gasteiger charge is 2.24. The Labute approximate surface area is 111 Å². The summed E-state index contributed by atoms with van der Waals surface area (Å²) in [6.07, 6.45) is 6.58. The Morgan fingerprint density at radius 1 is 1.11 bits per heavy atom. The van der Waals surface area contributed by atoms with Gasteiger partial charge < -0.3 is 5.21 Å². The highest BCUT2D eigenvalue weighted by Crippen LogP contribution is 2.36. The van der Waals surface area contributed by atoms with Gasteiger partial charge in [0.25, 0.3) is 0 Å². The Kier molecular flexibility index (Phi) is 2.24. The van der Waals surface area contributed by atoms with Crippen molar-refractivity contribution in [2.24, 2.45) is 0 Å². The minimum atomic E-state index is 0.498. The third-order valence-electron chi connectivity index (χ3n) is 4.07. The number of nitrogens with zero attached hydrogens (tertiary/aromatic N) is 3. The van der Waals surface area contributed by atoms with Gasteiger partial charge >= 0.3 is 0 Å². The molecule has 1 aliphatic carbocycles. The molecule has 4 nitrogen and oxygen atoms in total. The third kappa shape index (κ3) is 1.59. The Morgan fingerprint density at radius 3 is 2.74 bits per heavy atom. The van der Waals surface area contributed by atoms with Gasteiger partial charge in [-0.25, -0.2) is 9.97 Å². The first-order chi connectivity index (χ1) is 9.33. The Balaban J connectivity index is 1.97. The molecule has 0 bridgehead atoms. The minimum absolute atomic E-state index is 0.498. The maximum absolute atomic E-state index is 9.99. The predicted molar refractivity (Wildman–Crippen MR) is 72.5 cm³/mol. The molecule has 0 unspecified atom stereocenters. The Hall–Kier alpha value is -2.10. The molecule has 0 aromatic heterocycles. The molecule has 1 saturated carbocycles. The molecule has 19 heavy (non-hydrogen) atoms. The zero-order chi connectivity index (χ0) is 12.8. The Morgan fingerprint density at radius 2 is 1.89 bits per heavy atom. The molecule has 1 aromatic rings. The number of aromatic nitrogens is 3. The largest absolute Gasteiger partial charge is 0.428 e. The minimum Gasteiger partial charge on any atom is -0.428 e. The maximum Gasteiger partial charge on any atom is 0.133 e. The fourth-order valence-electron chi connectivity index (χ4n) is 3.09. The summed E-state index contributed by atoms with van der Waals surface area (Å²) in [7, 11) is 0. The quantitative estimate of drug-likeness (QED) is 0.676. The van der Waals surface area contributed by atoms with Crippen LogP contribution in [0.5, 0.6) is 0 Å². The number of pyridine rings is 1. The predicted octanol–water partition coefficient (Wildman–Crippen LogP) is 3.43. The molecule has 3 aliphatic rings. The van der Waals surface area contributed by atoms with Crippen LogP contribution < -0.4 is 0 Å². The van der Waals surface area contributed by atoms with Gasteiger partial charge in [-0.15, -0.1) is 0 Å². The summed E-state index contributed by atoms with van der Waals surface area (Å²) in [4.78, 5) is 9.34. The summed E-state index contributed by atoms with van der Waals surface area (Å²) in [6, 6.07) is 7.75. The molecule has 0 amide bonds. The van der Waals surface area contributed by atoms with E-state index in [0.29, 0.717) is 5.92 Å². The molecule has 0 saturated heterocycles. The molecule has 4 heteroatoms. The van der Waals surface area contributed by atoms with E-state index in [4.69, 9.17) is 4.98 Å². The van der Waals surface area contributed by atoms with Crippen molar-refractivity contribution < 1.29 is 5.21 Å². The van der Waals surface area contributed by atoms with Crippen LogP contribution in [0.1, 0.15) is 37.4 Å². The molecule has 4 rings (SSSR count). The van der Waals surface area contributed by atoms with E-state index in [-0.39, 0.29) is 0 Å². The lowest BCUT2D eigenvalue weighted by Crippen LogP contribution is -1.97. The molecule has 0 radical (unpaired) electrons. The van der Waals surface area contributed by atoms with Gasteiger partial charge in [-0.3, -0.25) is 0 Å². The van der Waals surface area contributed by atoms with Gasteiger partial charge in [-0.1, -0.05) is 31.0 Å². The van der Waals surface area contributed by atoms with Crippen molar-refractivity contribution in [3.8, 4) is 11.4 Å². The molecule has 1 fully saturated rings. The molecular formula is C15H15N3O. The van der Waals surface area contributed by atoms with Crippen LogP contribution in [0.4, 0.5) is 0 Å². The second-order valence-electron chi connectivity index (χ2n) is 5.29. The van der Waals surface area contributed by atoms with Gasteiger partial charge in [0.1, 0.15) is 17.2 Å². The fourth-order valence-corrected chi connectivity index (χ4v) is 3.09. The molecule has 0 atom stereocenters. The molecule has 0 spiro atoms. The van der Waals surface area contributed by atoms with E-state index in [1.54, 1.807) is 6.20 Å². The number of benzene rings is 1. The average molecular weight is 253 g/mol. The number of imidazole rings is 1. The number of fused-ring (bicyclic) bond motifs is 3. The Bertz CT molecular complexity index is 713. The van der Waals surface area contributed by atoms with Crippen molar-refractivity contribution in [1.82, 2.24) is 14.7 Å². The van der Waals surface area contributed by atoms with E-state index < -0.39 is 0 Å². The van der Waals surface area contributed by atoms with Crippen molar-refractivity contribution in [3.05, 3.63) is 36.3 Å². The van der Waals surface area contributed by atoms with E-state index in [1.165, 1.54) is 25.7 Å². The highest BCUT2D eigenvalue weighted by molar-refractivity contribution is 5.92. The van der Waals surface area contributed by atoms with Crippen LogP contribution in [-0.2, 0) is 0 Å². The van der Waals surface area contributed by atoms with Crippen LogP contribution in [0, 0.1) is 0 Å². The molecule has 96 valence electrons. The van der Waals surface area contributed by atoms with E-state index in [2.05, 4.69) is 4.98 Å². The number of hydrogen-bond acceptors (Lipinski definition) is 3. The zero-order valence-corrected chi connectivity index (χ0v) is 10.6. The maximum atomic E-state index is 9.99.